The second-order valence-electron chi connectivity index (χ2n) is 7.07. The predicted molar refractivity (Wildman–Crippen MR) is 96.9 cm³/mol. The van der Waals surface area contributed by atoms with Gasteiger partial charge >= 0.3 is 5.97 Å². The van der Waals surface area contributed by atoms with Crippen LogP contribution in [0.3, 0.4) is 0 Å². The topological polar surface area (TPSA) is 64.4 Å². The van der Waals surface area contributed by atoms with E-state index in [-0.39, 0.29) is 18.6 Å². The highest BCUT2D eigenvalue weighted by Gasteiger charge is 2.25. The Kier molecular flexibility index (Phi) is 6.39. The van der Waals surface area contributed by atoms with Crippen LogP contribution >= 0.6 is 0 Å². The third kappa shape index (κ3) is 4.94. The molecule has 1 aromatic heterocycles. The van der Waals surface area contributed by atoms with Gasteiger partial charge in [-0.25, -0.2) is 4.79 Å². The summed E-state index contributed by atoms with van der Waals surface area (Å²) in [5.41, 5.74) is 2.73. The van der Waals surface area contributed by atoms with Crippen LogP contribution in [0, 0.1) is 19.8 Å². The number of ether oxygens (including phenoxy) is 1. The monoisotopic (exact) mass is 347 g/mol. The summed E-state index contributed by atoms with van der Waals surface area (Å²) in [6.45, 7) is 5.87. The Morgan fingerprint density at radius 3 is 2.48 bits per heavy atom. The van der Waals surface area contributed by atoms with Crippen LogP contribution in [0.2, 0.25) is 0 Å². The van der Waals surface area contributed by atoms with Crippen LogP contribution in [-0.4, -0.2) is 46.3 Å². The van der Waals surface area contributed by atoms with Crippen LogP contribution in [0.15, 0.2) is 6.08 Å². The minimum Gasteiger partial charge on any atom is -0.452 e. The summed E-state index contributed by atoms with van der Waals surface area (Å²) >= 11 is 0. The van der Waals surface area contributed by atoms with Crippen molar-refractivity contribution in [3.05, 3.63) is 23.0 Å². The molecule has 6 nitrogen and oxygen atoms in total. The van der Waals surface area contributed by atoms with Crippen molar-refractivity contribution in [3.8, 4) is 0 Å². The molecule has 1 aromatic rings. The highest BCUT2D eigenvalue weighted by Crippen LogP contribution is 2.26. The van der Waals surface area contributed by atoms with E-state index in [9.17, 15) is 9.59 Å². The molecule has 1 aliphatic carbocycles. The number of rotatable bonds is 5. The van der Waals surface area contributed by atoms with Crippen molar-refractivity contribution < 1.29 is 14.3 Å². The first-order chi connectivity index (χ1) is 11.8. The van der Waals surface area contributed by atoms with E-state index in [4.69, 9.17) is 4.74 Å². The third-order valence-electron chi connectivity index (χ3n) is 5.22. The minimum absolute atomic E-state index is 0.143. The summed E-state index contributed by atoms with van der Waals surface area (Å²) < 4.78 is 6.87. The van der Waals surface area contributed by atoms with Crippen molar-refractivity contribution in [3.63, 3.8) is 0 Å². The van der Waals surface area contributed by atoms with Gasteiger partial charge in [-0.1, -0.05) is 6.92 Å². The molecule has 1 saturated carbocycles. The number of nitrogens with zero attached hydrogens (tertiary/aromatic N) is 3. The molecule has 1 aliphatic rings. The fraction of sp³-hybridized carbons (Fsp3) is 0.632. The van der Waals surface area contributed by atoms with E-state index in [1.54, 1.807) is 22.7 Å². The summed E-state index contributed by atoms with van der Waals surface area (Å²) in [6.07, 6.45) is 7.39. The van der Waals surface area contributed by atoms with Crippen LogP contribution in [0.1, 0.15) is 49.6 Å². The highest BCUT2D eigenvalue weighted by atomic mass is 16.5. The van der Waals surface area contributed by atoms with Crippen molar-refractivity contribution in [2.45, 2.75) is 52.5 Å². The van der Waals surface area contributed by atoms with Crippen molar-refractivity contribution in [1.29, 1.82) is 0 Å². The van der Waals surface area contributed by atoms with Gasteiger partial charge in [0.1, 0.15) is 0 Å². The van der Waals surface area contributed by atoms with Gasteiger partial charge in [0.05, 0.1) is 5.69 Å². The lowest BCUT2D eigenvalue weighted by molar-refractivity contribution is -0.148. The first-order valence-electron chi connectivity index (χ1n) is 8.90. The zero-order chi connectivity index (χ0) is 18.6. The Morgan fingerprint density at radius 2 is 1.92 bits per heavy atom. The number of aromatic nitrogens is 2. The summed E-state index contributed by atoms with van der Waals surface area (Å²) in [7, 11) is 3.66. The average molecular weight is 347 g/mol. The second-order valence-corrected chi connectivity index (χ2v) is 7.07. The molecule has 1 fully saturated rings. The number of aryl methyl sites for hydroxylation is 2. The fourth-order valence-corrected chi connectivity index (χ4v) is 3.30. The molecule has 0 bridgehead atoms. The van der Waals surface area contributed by atoms with Crippen LogP contribution in [0.5, 0.6) is 0 Å². The predicted octanol–water partition coefficient (Wildman–Crippen LogP) is 2.63. The molecule has 6 heteroatoms. The molecule has 0 unspecified atom stereocenters. The number of carbonyl (C=O) groups is 2. The standard InChI is InChI=1S/C19H29N3O3/c1-13-6-8-16(9-7-13)21(4)18(23)12-25-19(24)11-10-17-14(2)20-22(5)15(17)3/h10-11,13,16H,6-9,12H2,1-5H3/b11-10+. The largest absolute Gasteiger partial charge is 0.452 e. The molecule has 2 rings (SSSR count). The van der Waals surface area contributed by atoms with Crippen molar-refractivity contribution in [2.24, 2.45) is 13.0 Å². The molecular formula is C19H29N3O3. The van der Waals surface area contributed by atoms with Gasteiger partial charge in [0.2, 0.25) is 0 Å². The number of carbonyl (C=O) groups excluding carboxylic acids is 2. The molecule has 0 aliphatic heterocycles. The molecule has 0 radical (unpaired) electrons. The molecule has 1 heterocycles. The summed E-state index contributed by atoms with van der Waals surface area (Å²) in [6, 6.07) is 0.263. The highest BCUT2D eigenvalue weighted by molar-refractivity contribution is 5.89. The zero-order valence-corrected chi connectivity index (χ0v) is 15.9. The molecule has 25 heavy (non-hydrogen) atoms. The van der Waals surface area contributed by atoms with Crippen molar-refractivity contribution in [1.82, 2.24) is 14.7 Å². The van der Waals surface area contributed by atoms with Gasteiger partial charge in [0.25, 0.3) is 5.91 Å². The maximum atomic E-state index is 12.2. The lowest BCUT2D eigenvalue weighted by atomic mass is 9.87. The first kappa shape index (κ1) is 19.2. The number of esters is 1. The number of likely N-dealkylation sites (N-methyl/N-ethyl adjacent to an activating group) is 1. The number of hydrogen-bond acceptors (Lipinski definition) is 4. The average Bonchev–Trinajstić information content (AvgIpc) is 2.83. The molecule has 0 spiro atoms. The van der Waals surface area contributed by atoms with Gasteiger partial charge in [-0.3, -0.25) is 9.48 Å². The third-order valence-corrected chi connectivity index (χ3v) is 5.22. The molecule has 0 saturated heterocycles. The first-order valence-corrected chi connectivity index (χ1v) is 8.90. The van der Waals surface area contributed by atoms with E-state index in [0.717, 1.165) is 48.6 Å². The fourth-order valence-electron chi connectivity index (χ4n) is 3.30. The second kappa shape index (κ2) is 8.32. The smallest absolute Gasteiger partial charge is 0.331 e. The van der Waals surface area contributed by atoms with Crippen LogP contribution in [-0.2, 0) is 21.4 Å². The zero-order valence-electron chi connectivity index (χ0n) is 15.9. The quantitative estimate of drug-likeness (QED) is 0.607. The van der Waals surface area contributed by atoms with Crippen molar-refractivity contribution >= 4 is 18.0 Å². The van der Waals surface area contributed by atoms with E-state index >= 15 is 0 Å². The maximum absolute atomic E-state index is 12.2. The number of amides is 1. The number of hydrogen-bond donors (Lipinski definition) is 0. The lowest BCUT2D eigenvalue weighted by Crippen LogP contribution is -2.41. The lowest BCUT2D eigenvalue weighted by Gasteiger charge is -2.33. The normalized spacial score (nSPS) is 20.7. The Hall–Kier alpha value is -2.11. The minimum atomic E-state index is -0.512. The maximum Gasteiger partial charge on any atom is 0.331 e. The Morgan fingerprint density at radius 1 is 1.28 bits per heavy atom. The molecule has 0 N–H and O–H groups in total. The summed E-state index contributed by atoms with van der Waals surface area (Å²) in [5, 5.41) is 4.30. The van der Waals surface area contributed by atoms with Crippen LogP contribution < -0.4 is 0 Å². The van der Waals surface area contributed by atoms with E-state index in [1.165, 1.54) is 6.08 Å². The summed E-state index contributed by atoms with van der Waals surface area (Å²) in [4.78, 5) is 25.8. The summed E-state index contributed by atoms with van der Waals surface area (Å²) in [5.74, 6) is 0.0822. The molecule has 0 atom stereocenters. The van der Waals surface area contributed by atoms with Gasteiger partial charge in [0, 0.05) is 37.5 Å². The van der Waals surface area contributed by atoms with Crippen LogP contribution in [0.4, 0.5) is 0 Å². The Labute approximate surface area is 149 Å². The van der Waals surface area contributed by atoms with Gasteiger partial charge in [-0.15, -0.1) is 0 Å². The molecule has 1 amide bonds. The van der Waals surface area contributed by atoms with E-state index in [1.807, 2.05) is 20.9 Å². The van der Waals surface area contributed by atoms with Crippen molar-refractivity contribution in [2.75, 3.05) is 13.7 Å². The molecule has 138 valence electrons. The molecular weight excluding hydrogens is 318 g/mol. The van der Waals surface area contributed by atoms with E-state index in [0.29, 0.717) is 0 Å². The van der Waals surface area contributed by atoms with Gasteiger partial charge in [-0.2, -0.15) is 5.10 Å². The molecule has 0 aromatic carbocycles. The van der Waals surface area contributed by atoms with E-state index in [2.05, 4.69) is 12.0 Å². The SMILES string of the molecule is Cc1nn(C)c(C)c1/C=C/C(=O)OCC(=O)N(C)C1CCC(C)CC1. The van der Waals surface area contributed by atoms with Gasteiger partial charge < -0.3 is 9.64 Å². The van der Waals surface area contributed by atoms with Gasteiger partial charge in [-0.05, 0) is 51.5 Å². The Bertz CT molecular complexity index is 655. The van der Waals surface area contributed by atoms with Crippen LogP contribution in [0.25, 0.3) is 6.08 Å². The Balaban J connectivity index is 1.83. The van der Waals surface area contributed by atoms with Gasteiger partial charge in [0.15, 0.2) is 6.61 Å². The van der Waals surface area contributed by atoms with E-state index < -0.39 is 5.97 Å².